The summed E-state index contributed by atoms with van der Waals surface area (Å²) in [6.07, 6.45) is -6.78. The van der Waals surface area contributed by atoms with Gasteiger partial charge in [-0.1, -0.05) is 30.3 Å². The lowest BCUT2D eigenvalue weighted by atomic mass is 9.83. The van der Waals surface area contributed by atoms with Gasteiger partial charge in [-0.3, -0.25) is 0 Å². The molecule has 3 fully saturated rings. The van der Waals surface area contributed by atoms with E-state index in [1.807, 2.05) is 30.3 Å². The summed E-state index contributed by atoms with van der Waals surface area (Å²) in [5.74, 6) is 0.660. The van der Waals surface area contributed by atoms with Gasteiger partial charge in [-0.15, -0.1) is 0 Å². The Balaban J connectivity index is 1.47. The molecule has 1 aliphatic carbocycles. The molecule has 8 heteroatoms. The first-order valence-electron chi connectivity index (χ1n) is 11.7. The van der Waals surface area contributed by atoms with Gasteiger partial charge in [0.25, 0.3) is 0 Å². The first-order valence-corrected chi connectivity index (χ1v) is 11.7. The molecule has 2 aromatic carbocycles. The zero-order valence-electron chi connectivity index (χ0n) is 18.9. The molecule has 34 heavy (non-hydrogen) atoms. The van der Waals surface area contributed by atoms with Crippen LogP contribution in [0.15, 0.2) is 48.5 Å². The van der Waals surface area contributed by atoms with Gasteiger partial charge in [-0.2, -0.15) is 26.3 Å². The molecule has 5 atom stereocenters. The predicted molar refractivity (Wildman–Crippen MR) is 114 cm³/mol. The molecule has 0 radical (unpaired) electrons. The topological polar surface area (TPSA) is 9.23 Å². The maximum atomic E-state index is 13.5. The quantitative estimate of drug-likeness (QED) is 0.334. The van der Waals surface area contributed by atoms with Crippen LogP contribution in [0.5, 0.6) is 0 Å². The first kappa shape index (κ1) is 23.7. The molecule has 0 aromatic heterocycles. The van der Waals surface area contributed by atoms with Crippen LogP contribution in [0.4, 0.5) is 26.3 Å². The maximum Gasteiger partial charge on any atom is 0.416 e. The van der Waals surface area contributed by atoms with Gasteiger partial charge < -0.3 is 9.22 Å². The van der Waals surface area contributed by atoms with E-state index in [0.29, 0.717) is 23.6 Å². The summed E-state index contributed by atoms with van der Waals surface area (Å²) in [5.41, 5.74) is -1.54. The second-order valence-electron chi connectivity index (χ2n) is 10.4. The minimum atomic E-state index is -4.84. The molecule has 2 nitrogen and oxygen atoms in total. The van der Waals surface area contributed by atoms with E-state index in [1.54, 1.807) is 0 Å². The van der Waals surface area contributed by atoms with Crippen molar-refractivity contribution in [2.75, 3.05) is 13.1 Å². The lowest BCUT2D eigenvalue weighted by molar-refractivity contribution is -0.966. The van der Waals surface area contributed by atoms with E-state index in [0.717, 1.165) is 43.5 Å². The third kappa shape index (κ3) is 3.83. The monoisotopic (exact) mass is 484 g/mol. The van der Waals surface area contributed by atoms with E-state index in [1.165, 1.54) is 0 Å². The van der Waals surface area contributed by atoms with E-state index in [2.05, 4.69) is 6.92 Å². The van der Waals surface area contributed by atoms with Crippen LogP contribution in [-0.4, -0.2) is 29.2 Å². The summed E-state index contributed by atoms with van der Waals surface area (Å²) >= 11 is 0. The number of benzene rings is 2. The van der Waals surface area contributed by atoms with Crippen molar-refractivity contribution in [1.29, 1.82) is 0 Å². The number of halogens is 6. The van der Waals surface area contributed by atoms with Crippen LogP contribution in [0.25, 0.3) is 0 Å². The van der Waals surface area contributed by atoms with Crippen molar-refractivity contribution < 1.29 is 35.6 Å². The molecule has 0 spiro atoms. The van der Waals surface area contributed by atoms with Crippen LogP contribution in [0, 0.1) is 11.8 Å². The molecule has 2 aliphatic heterocycles. The van der Waals surface area contributed by atoms with Crippen molar-refractivity contribution in [1.82, 2.24) is 0 Å². The van der Waals surface area contributed by atoms with Crippen molar-refractivity contribution in [2.45, 2.75) is 63.3 Å². The number of rotatable bonds is 5. The van der Waals surface area contributed by atoms with Gasteiger partial charge in [0.05, 0.1) is 24.3 Å². The molecular weight excluding hydrogens is 456 g/mol. The Labute approximate surface area is 195 Å². The number of hydrogen-bond acceptors (Lipinski definition) is 1. The Morgan fingerprint density at radius 2 is 1.53 bits per heavy atom. The summed E-state index contributed by atoms with van der Waals surface area (Å²) in [7, 11) is 0. The summed E-state index contributed by atoms with van der Waals surface area (Å²) in [4.78, 5) is 0. The molecule has 0 amide bonds. The molecule has 2 heterocycles. The number of nitrogens with zero attached hydrogens (tertiary/aromatic N) is 1. The third-order valence-corrected chi connectivity index (χ3v) is 8.75. The van der Waals surface area contributed by atoms with Crippen LogP contribution in [0.3, 0.4) is 0 Å². The Hall–Kier alpha value is -2.06. The minimum Gasteiger partial charge on any atom is -0.367 e. The largest absolute Gasteiger partial charge is 0.416 e. The second kappa shape index (κ2) is 7.98. The van der Waals surface area contributed by atoms with E-state index in [-0.39, 0.29) is 35.7 Å². The minimum absolute atomic E-state index is 0.0663. The Kier molecular flexibility index (Phi) is 5.56. The molecule has 3 aliphatic rings. The SMILES string of the molecule is C[C@@]12[C@H]3CC[C@@H]1[C@H](OCc1ccccc1)C[N@+]2(Cc1cc(C(F)(F)F)cc(C(F)(F)F)c1)CC3. The van der Waals surface area contributed by atoms with Crippen molar-refractivity contribution in [3.05, 3.63) is 70.8 Å². The number of quaternary nitrogens is 1. The van der Waals surface area contributed by atoms with Crippen LogP contribution in [0.1, 0.15) is 48.4 Å². The van der Waals surface area contributed by atoms with Crippen molar-refractivity contribution in [3.8, 4) is 0 Å². The Morgan fingerprint density at radius 1 is 0.882 bits per heavy atom. The zero-order chi connectivity index (χ0) is 24.4. The fourth-order valence-corrected chi connectivity index (χ4v) is 7.13. The average Bonchev–Trinajstić information content (AvgIpc) is 3.34. The summed E-state index contributed by atoms with van der Waals surface area (Å²) in [6.45, 7) is 4.15. The molecule has 0 unspecified atom stereocenters. The lowest BCUT2D eigenvalue weighted by Gasteiger charge is -2.44. The van der Waals surface area contributed by atoms with Crippen molar-refractivity contribution >= 4 is 0 Å². The van der Waals surface area contributed by atoms with Crippen molar-refractivity contribution in [3.63, 3.8) is 0 Å². The number of ether oxygens (including phenoxy) is 1. The molecule has 2 saturated heterocycles. The normalized spacial score (nSPS) is 32.9. The van der Waals surface area contributed by atoms with Gasteiger partial charge >= 0.3 is 12.4 Å². The van der Waals surface area contributed by atoms with Crippen LogP contribution < -0.4 is 0 Å². The fourth-order valence-electron chi connectivity index (χ4n) is 7.13. The van der Waals surface area contributed by atoms with Crippen LogP contribution in [0.2, 0.25) is 0 Å². The summed E-state index contributed by atoms with van der Waals surface area (Å²) in [5, 5.41) is 0. The average molecular weight is 485 g/mol. The van der Waals surface area contributed by atoms with Crippen LogP contribution >= 0.6 is 0 Å². The number of alkyl halides is 6. The van der Waals surface area contributed by atoms with Crippen LogP contribution in [-0.2, 0) is 30.2 Å². The van der Waals surface area contributed by atoms with Gasteiger partial charge in [0.2, 0.25) is 0 Å². The van der Waals surface area contributed by atoms with E-state index < -0.39 is 23.5 Å². The fraction of sp³-hybridized carbons (Fsp3) is 0.538. The lowest BCUT2D eigenvalue weighted by Crippen LogP contribution is -2.57. The predicted octanol–water partition coefficient (Wildman–Crippen LogP) is 6.83. The van der Waals surface area contributed by atoms with E-state index in [9.17, 15) is 26.3 Å². The Bertz CT molecular complexity index is 1020. The molecule has 184 valence electrons. The van der Waals surface area contributed by atoms with Gasteiger partial charge in [0.15, 0.2) is 0 Å². The molecular formula is C26H28F6NO+. The summed E-state index contributed by atoms with van der Waals surface area (Å²) in [6, 6.07) is 11.8. The summed E-state index contributed by atoms with van der Waals surface area (Å²) < 4.78 is 87.6. The number of hydrogen-bond donors (Lipinski definition) is 0. The molecule has 0 N–H and O–H groups in total. The smallest absolute Gasteiger partial charge is 0.367 e. The Morgan fingerprint density at radius 3 is 2.15 bits per heavy atom. The highest BCUT2D eigenvalue weighted by atomic mass is 19.4. The molecule has 5 rings (SSSR count). The van der Waals surface area contributed by atoms with Gasteiger partial charge in [0.1, 0.15) is 24.7 Å². The van der Waals surface area contributed by atoms with Gasteiger partial charge in [-0.05, 0) is 43.5 Å². The highest BCUT2D eigenvalue weighted by Crippen LogP contribution is 2.61. The van der Waals surface area contributed by atoms with E-state index in [4.69, 9.17) is 4.74 Å². The maximum absolute atomic E-state index is 13.5. The zero-order valence-corrected chi connectivity index (χ0v) is 18.9. The molecule has 1 saturated carbocycles. The molecule has 0 bridgehead atoms. The molecule has 2 aromatic rings. The first-order chi connectivity index (χ1) is 15.9. The van der Waals surface area contributed by atoms with Gasteiger partial charge in [0, 0.05) is 23.8 Å². The highest BCUT2D eigenvalue weighted by molar-refractivity contribution is 5.33. The van der Waals surface area contributed by atoms with Crippen molar-refractivity contribution in [2.24, 2.45) is 11.8 Å². The van der Waals surface area contributed by atoms with E-state index >= 15 is 0 Å². The van der Waals surface area contributed by atoms with Gasteiger partial charge in [-0.25, -0.2) is 0 Å². The highest BCUT2D eigenvalue weighted by Gasteiger charge is 2.71. The third-order valence-electron chi connectivity index (χ3n) is 8.75. The standard InChI is InChI=1S/C26H28F6NO/c1-24-19-7-8-22(24)23(34-16-17-5-3-2-4-6-17)15-33(24,10-9-19)14-18-11-20(25(27,28)29)13-21(12-18)26(30,31)32/h2-6,11-13,19,22-23H,7-10,14-16H2,1H3/q+1/t19-,22+,23+,24+,33+/m0/s1. The second-order valence-corrected chi connectivity index (χ2v) is 10.4.